The van der Waals surface area contributed by atoms with E-state index in [1.54, 1.807) is 24.3 Å². The number of halogens is 1. The van der Waals surface area contributed by atoms with E-state index in [0.29, 0.717) is 10.6 Å². The van der Waals surface area contributed by atoms with E-state index in [1.807, 2.05) is 32.0 Å². The van der Waals surface area contributed by atoms with Crippen molar-refractivity contribution in [2.45, 2.75) is 13.8 Å². The zero-order valence-electron chi connectivity index (χ0n) is 12.4. The first-order valence-electron chi connectivity index (χ1n) is 6.88. The van der Waals surface area contributed by atoms with Crippen molar-refractivity contribution < 1.29 is 9.59 Å². The van der Waals surface area contributed by atoms with E-state index < -0.39 is 0 Å². The molecule has 2 N–H and O–H groups in total. The molecular weight excluding hydrogens is 300 g/mol. The van der Waals surface area contributed by atoms with Gasteiger partial charge in [-0.05, 0) is 43.2 Å². The molecule has 2 aromatic carbocycles. The number of aryl methyl sites for hydroxylation is 1. The van der Waals surface area contributed by atoms with Crippen molar-refractivity contribution in [1.82, 2.24) is 5.32 Å². The number of rotatable bonds is 4. The second-order valence-electron chi connectivity index (χ2n) is 4.96. The van der Waals surface area contributed by atoms with Crippen molar-refractivity contribution in [2.24, 2.45) is 0 Å². The lowest BCUT2D eigenvalue weighted by molar-refractivity contribution is -0.115. The van der Waals surface area contributed by atoms with Crippen LogP contribution in [0.2, 0.25) is 5.02 Å². The standard InChI is InChI=1S/C17H17ClN2O2/c1-11-6-5-9-15(12(11)2)20-16(21)10-19-17(22)13-7-3-4-8-14(13)18/h3-9H,10H2,1-2H3,(H,19,22)(H,20,21). The van der Waals surface area contributed by atoms with Crippen molar-refractivity contribution in [3.63, 3.8) is 0 Å². The van der Waals surface area contributed by atoms with Gasteiger partial charge in [-0.1, -0.05) is 35.9 Å². The van der Waals surface area contributed by atoms with Crippen LogP contribution in [0.25, 0.3) is 0 Å². The Morgan fingerprint density at radius 1 is 1.05 bits per heavy atom. The third-order valence-electron chi connectivity index (χ3n) is 3.41. The van der Waals surface area contributed by atoms with Gasteiger partial charge in [0.25, 0.3) is 5.91 Å². The molecule has 22 heavy (non-hydrogen) atoms. The number of benzene rings is 2. The predicted molar refractivity (Wildman–Crippen MR) is 88.3 cm³/mol. The minimum Gasteiger partial charge on any atom is -0.343 e. The molecule has 2 aromatic rings. The normalized spacial score (nSPS) is 10.1. The highest BCUT2D eigenvalue weighted by atomic mass is 35.5. The Bertz CT molecular complexity index is 714. The van der Waals surface area contributed by atoms with E-state index in [1.165, 1.54) is 0 Å². The first-order valence-corrected chi connectivity index (χ1v) is 7.25. The Balaban J connectivity index is 1.95. The lowest BCUT2D eigenvalue weighted by Gasteiger charge is -2.11. The molecule has 0 aliphatic heterocycles. The van der Waals surface area contributed by atoms with Crippen LogP contribution in [-0.4, -0.2) is 18.4 Å². The van der Waals surface area contributed by atoms with E-state index >= 15 is 0 Å². The van der Waals surface area contributed by atoms with Crippen LogP contribution in [0, 0.1) is 13.8 Å². The molecule has 0 fully saturated rings. The summed E-state index contributed by atoms with van der Waals surface area (Å²) in [6.07, 6.45) is 0. The smallest absolute Gasteiger partial charge is 0.253 e. The molecule has 4 nitrogen and oxygen atoms in total. The molecule has 114 valence electrons. The number of hydrogen-bond donors (Lipinski definition) is 2. The Kier molecular flexibility index (Phi) is 5.17. The van der Waals surface area contributed by atoms with Gasteiger partial charge >= 0.3 is 0 Å². The molecule has 0 spiro atoms. The molecule has 0 atom stereocenters. The molecular formula is C17H17ClN2O2. The van der Waals surface area contributed by atoms with Gasteiger partial charge in [0.15, 0.2) is 0 Å². The Labute approximate surface area is 134 Å². The first kappa shape index (κ1) is 16.0. The van der Waals surface area contributed by atoms with Gasteiger partial charge in [-0.25, -0.2) is 0 Å². The number of amides is 2. The second kappa shape index (κ2) is 7.09. The Morgan fingerprint density at radius 2 is 1.77 bits per heavy atom. The fraction of sp³-hybridized carbons (Fsp3) is 0.176. The van der Waals surface area contributed by atoms with E-state index in [-0.39, 0.29) is 18.4 Å². The van der Waals surface area contributed by atoms with E-state index in [0.717, 1.165) is 16.8 Å². The lowest BCUT2D eigenvalue weighted by Crippen LogP contribution is -2.33. The van der Waals surface area contributed by atoms with Gasteiger partial charge in [0, 0.05) is 5.69 Å². The molecule has 2 amide bonds. The topological polar surface area (TPSA) is 58.2 Å². The van der Waals surface area contributed by atoms with Crippen LogP contribution in [0.3, 0.4) is 0 Å². The molecule has 5 heteroatoms. The average molecular weight is 317 g/mol. The summed E-state index contributed by atoms with van der Waals surface area (Å²) < 4.78 is 0. The quantitative estimate of drug-likeness (QED) is 0.909. The molecule has 0 saturated heterocycles. The number of carbonyl (C=O) groups is 2. The summed E-state index contributed by atoms with van der Waals surface area (Å²) in [7, 11) is 0. The van der Waals surface area contributed by atoms with Crippen LogP contribution in [0.5, 0.6) is 0 Å². The van der Waals surface area contributed by atoms with Gasteiger partial charge in [-0.15, -0.1) is 0 Å². The number of anilines is 1. The molecule has 0 aliphatic rings. The summed E-state index contributed by atoms with van der Waals surface area (Å²) in [4.78, 5) is 23.9. The number of carbonyl (C=O) groups excluding carboxylic acids is 2. The molecule has 0 aromatic heterocycles. The van der Waals surface area contributed by atoms with Crippen LogP contribution in [-0.2, 0) is 4.79 Å². The summed E-state index contributed by atoms with van der Waals surface area (Å²) in [6, 6.07) is 12.4. The third-order valence-corrected chi connectivity index (χ3v) is 3.74. The number of hydrogen-bond acceptors (Lipinski definition) is 2. The fourth-order valence-electron chi connectivity index (χ4n) is 1.98. The third kappa shape index (κ3) is 3.86. The molecule has 0 bridgehead atoms. The Hall–Kier alpha value is -2.33. The highest BCUT2D eigenvalue weighted by molar-refractivity contribution is 6.33. The first-order chi connectivity index (χ1) is 10.5. The molecule has 2 rings (SSSR count). The van der Waals surface area contributed by atoms with Crippen molar-refractivity contribution in [2.75, 3.05) is 11.9 Å². The molecule has 0 aliphatic carbocycles. The predicted octanol–water partition coefficient (Wildman–Crippen LogP) is 3.33. The Morgan fingerprint density at radius 3 is 2.50 bits per heavy atom. The van der Waals surface area contributed by atoms with Gasteiger partial charge in [0.1, 0.15) is 0 Å². The molecule has 0 heterocycles. The summed E-state index contributed by atoms with van der Waals surface area (Å²) in [5, 5.41) is 5.70. The summed E-state index contributed by atoms with van der Waals surface area (Å²) >= 11 is 5.94. The maximum Gasteiger partial charge on any atom is 0.253 e. The van der Waals surface area contributed by atoms with E-state index in [4.69, 9.17) is 11.6 Å². The molecule has 0 radical (unpaired) electrons. The molecule has 0 saturated carbocycles. The highest BCUT2D eigenvalue weighted by Crippen LogP contribution is 2.18. The average Bonchev–Trinajstić information content (AvgIpc) is 2.50. The summed E-state index contributed by atoms with van der Waals surface area (Å²) in [5.74, 6) is -0.657. The van der Waals surface area contributed by atoms with E-state index in [9.17, 15) is 9.59 Å². The maximum absolute atomic E-state index is 12.0. The van der Waals surface area contributed by atoms with Crippen molar-refractivity contribution >= 4 is 29.1 Å². The van der Waals surface area contributed by atoms with Gasteiger partial charge in [0.05, 0.1) is 17.1 Å². The fourth-order valence-corrected chi connectivity index (χ4v) is 2.20. The van der Waals surface area contributed by atoms with Gasteiger partial charge < -0.3 is 10.6 Å². The summed E-state index contributed by atoms with van der Waals surface area (Å²) in [5.41, 5.74) is 3.20. The van der Waals surface area contributed by atoms with Gasteiger partial charge in [-0.2, -0.15) is 0 Å². The monoisotopic (exact) mass is 316 g/mol. The van der Waals surface area contributed by atoms with Crippen molar-refractivity contribution in [1.29, 1.82) is 0 Å². The van der Waals surface area contributed by atoms with Gasteiger partial charge in [0.2, 0.25) is 5.91 Å². The lowest BCUT2D eigenvalue weighted by atomic mass is 10.1. The van der Waals surface area contributed by atoms with E-state index in [2.05, 4.69) is 10.6 Å². The zero-order chi connectivity index (χ0) is 16.1. The van der Waals surface area contributed by atoms with Gasteiger partial charge in [-0.3, -0.25) is 9.59 Å². The minimum atomic E-state index is -0.373. The zero-order valence-corrected chi connectivity index (χ0v) is 13.2. The van der Waals surface area contributed by atoms with Crippen LogP contribution in [0.15, 0.2) is 42.5 Å². The van der Waals surface area contributed by atoms with Crippen LogP contribution >= 0.6 is 11.6 Å². The second-order valence-corrected chi connectivity index (χ2v) is 5.37. The van der Waals surface area contributed by atoms with Crippen LogP contribution < -0.4 is 10.6 Å². The largest absolute Gasteiger partial charge is 0.343 e. The van der Waals surface area contributed by atoms with Crippen LogP contribution in [0.4, 0.5) is 5.69 Å². The maximum atomic E-state index is 12.0. The molecule has 0 unspecified atom stereocenters. The van der Waals surface area contributed by atoms with Crippen molar-refractivity contribution in [3.8, 4) is 0 Å². The highest BCUT2D eigenvalue weighted by Gasteiger charge is 2.11. The van der Waals surface area contributed by atoms with Crippen LogP contribution in [0.1, 0.15) is 21.5 Å². The number of nitrogens with one attached hydrogen (secondary N) is 2. The summed E-state index contributed by atoms with van der Waals surface area (Å²) in [6.45, 7) is 3.80. The SMILES string of the molecule is Cc1cccc(NC(=O)CNC(=O)c2ccccc2Cl)c1C. The minimum absolute atomic E-state index is 0.114. The van der Waals surface area contributed by atoms with Crippen molar-refractivity contribution in [3.05, 3.63) is 64.2 Å².